The Bertz CT molecular complexity index is 626. The van der Waals surface area contributed by atoms with Crippen molar-refractivity contribution in [2.45, 2.75) is 6.92 Å². The minimum Gasteiger partial charge on any atom is -0.247 e. The van der Waals surface area contributed by atoms with E-state index in [1.807, 2.05) is 6.92 Å². The molecule has 0 atom stereocenters. The molecule has 0 saturated carbocycles. The van der Waals surface area contributed by atoms with Gasteiger partial charge in [0.15, 0.2) is 0 Å². The largest absolute Gasteiger partial charge is 0.341 e. The van der Waals surface area contributed by atoms with E-state index in [9.17, 15) is 14.1 Å². The van der Waals surface area contributed by atoms with Crippen LogP contribution in [0.3, 0.4) is 0 Å². The Morgan fingerprint density at radius 2 is 2.11 bits per heavy atom. The number of hydrogen-bond donors (Lipinski definition) is 1. The van der Waals surface area contributed by atoms with E-state index in [2.05, 4.69) is 15.5 Å². The number of H-pyrrole nitrogens is 1. The fourth-order valence-electron chi connectivity index (χ4n) is 1.54. The number of aryl methyl sites for hydroxylation is 1. The predicted molar refractivity (Wildman–Crippen MR) is 67.5 cm³/mol. The third-order valence-electron chi connectivity index (χ3n) is 2.52. The molecule has 6 heteroatoms. The predicted octanol–water partition coefficient (Wildman–Crippen LogP) is 2.60. The molecule has 1 amide bonds. The van der Waals surface area contributed by atoms with Gasteiger partial charge in [-0.15, -0.1) is 4.91 Å². The number of nitrogens with one attached hydrogen (secondary N) is 2. The lowest BCUT2D eigenvalue weighted by molar-refractivity contribution is -0.361. The van der Waals surface area contributed by atoms with E-state index in [0.29, 0.717) is 5.82 Å². The van der Waals surface area contributed by atoms with Crippen molar-refractivity contribution in [3.8, 4) is 0 Å². The number of carbonyl (C=O) groups excluding carboxylic acids is 1. The second-order valence-corrected chi connectivity index (χ2v) is 3.99. The Kier molecular flexibility index (Phi) is 3.61. The van der Waals surface area contributed by atoms with Gasteiger partial charge in [0.2, 0.25) is 0 Å². The lowest BCUT2D eigenvalue weighted by atomic mass is 10.1. The van der Waals surface area contributed by atoms with Gasteiger partial charge in [-0.1, -0.05) is 0 Å². The first-order chi connectivity index (χ1) is 9.10. The summed E-state index contributed by atoms with van der Waals surface area (Å²) < 4.78 is 13.1. The normalized spacial score (nSPS) is 10.0. The highest BCUT2D eigenvalue weighted by molar-refractivity contribution is 6.06. The van der Waals surface area contributed by atoms with E-state index >= 15 is 0 Å². The molecule has 0 spiro atoms. The van der Waals surface area contributed by atoms with Crippen molar-refractivity contribution in [2.24, 2.45) is 5.18 Å². The van der Waals surface area contributed by atoms with Gasteiger partial charge in [-0.25, -0.2) is 19.5 Å². The molecule has 0 unspecified atom stereocenters. The van der Waals surface area contributed by atoms with Crippen LogP contribution in [0.4, 0.5) is 15.9 Å². The fourth-order valence-corrected chi connectivity index (χ4v) is 1.54. The van der Waals surface area contributed by atoms with E-state index in [1.165, 1.54) is 0 Å². The van der Waals surface area contributed by atoms with Crippen LogP contribution in [0.2, 0.25) is 0 Å². The molecular weight excluding hydrogens is 249 g/mol. The topological polar surface area (TPSA) is 72.7 Å². The summed E-state index contributed by atoms with van der Waals surface area (Å²) >= 11 is 0. The standard InChI is InChI=1S/C13H10FN3O2/c1-8-2-5-12(15-7-8)16-13(18)10-6-9(14)3-4-11(10)17-19/h2-7H,1H3,(H,15,16,18)/p+1. The average Bonchev–Trinajstić information content (AvgIpc) is 2.41. The van der Waals surface area contributed by atoms with Gasteiger partial charge in [0.25, 0.3) is 5.82 Å². The van der Waals surface area contributed by atoms with Crippen molar-refractivity contribution in [3.63, 3.8) is 0 Å². The molecule has 0 fully saturated rings. The number of halogens is 1. The molecule has 2 aromatic rings. The highest BCUT2D eigenvalue weighted by Gasteiger charge is 2.18. The van der Waals surface area contributed by atoms with Crippen LogP contribution < -0.4 is 10.3 Å². The van der Waals surface area contributed by atoms with Crippen LogP contribution in [0.15, 0.2) is 41.7 Å². The number of amides is 1. The Balaban J connectivity index is 2.27. The zero-order chi connectivity index (χ0) is 13.8. The second-order valence-electron chi connectivity index (χ2n) is 3.99. The Labute approximate surface area is 108 Å². The molecule has 0 aliphatic heterocycles. The molecule has 19 heavy (non-hydrogen) atoms. The number of pyridine rings is 1. The second kappa shape index (κ2) is 5.34. The minimum atomic E-state index is -0.606. The van der Waals surface area contributed by atoms with Crippen LogP contribution in [-0.2, 0) is 0 Å². The summed E-state index contributed by atoms with van der Waals surface area (Å²) in [5.74, 6) is -0.767. The summed E-state index contributed by atoms with van der Waals surface area (Å²) in [7, 11) is 0. The average molecular weight is 260 g/mol. The summed E-state index contributed by atoms with van der Waals surface area (Å²) in [6.45, 7) is 1.89. The van der Waals surface area contributed by atoms with E-state index < -0.39 is 11.7 Å². The summed E-state index contributed by atoms with van der Waals surface area (Å²) in [5, 5.41) is 5.23. The molecule has 96 valence electrons. The van der Waals surface area contributed by atoms with Crippen molar-refractivity contribution in [3.05, 3.63) is 58.4 Å². The van der Waals surface area contributed by atoms with Crippen molar-refractivity contribution < 1.29 is 14.2 Å². The molecule has 0 aliphatic rings. The number of rotatable bonds is 3. The van der Waals surface area contributed by atoms with E-state index in [0.717, 1.165) is 23.8 Å². The van der Waals surface area contributed by atoms with Crippen LogP contribution in [0.1, 0.15) is 15.9 Å². The summed E-state index contributed by atoms with van der Waals surface area (Å²) in [5.41, 5.74) is 0.786. The number of nitroso groups, excluding NO2 is 1. The fraction of sp³-hybridized carbons (Fsp3) is 0.0769. The minimum absolute atomic E-state index is 0.106. The van der Waals surface area contributed by atoms with Gasteiger partial charge in [0.1, 0.15) is 11.5 Å². The zero-order valence-electron chi connectivity index (χ0n) is 10.1. The van der Waals surface area contributed by atoms with Crippen LogP contribution in [0, 0.1) is 17.6 Å². The highest BCUT2D eigenvalue weighted by Crippen LogP contribution is 2.20. The number of anilines is 1. The number of hydrogen-bond acceptors (Lipinski definition) is 3. The quantitative estimate of drug-likeness (QED) is 0.861. The molecule has 1 aromatic heterocycles. The van der Waals surface area contributed by atoms with Crippen LogP contribution in [0.25, 0.3) is 0 Å². The number of benzene rings is 1. The number of aromatic nitrogens is 1. The van der Waals surface area contributed by atoms with E-state index in [-0.39, 0.29) is 11.3 Å². The van der Waals surface area contributed by atoms with Gasteiger partial charge in [0.05, 0.1) is 11.8 Å². The molecule has 0 radical (unpaired) electrons. The first kappa shape index (κ1) is 12.8. The molecular formula is C13H11FN3O2+. The van der Waals surface area contributed by atoms with Crippen molar-refractivity contribution >= 4 is 17.4 Å². The number of aromatic amines is 1. The van der Waals surface area contributed by atoms with Crippen molar-refractivity contribution in [2.75, 3.05) is 5.32 Å². The Morgan fingerprint density at radius 1 is 1.32 bits per heavy atom. The van der Waals surface area contributed by atoms with Crippen LogP contribution in [0.5, 0.6) is 0 Å². The summed E-state index contributed by atoms with van der Waals surface area (Å²) in [4.78, 5) is 25.4. The summed E-state index contributed by atoms with van der Waals surface area (Å²) in [6.07, 6.45) is 1.71. The lowest BCUT2D eigenvalue weighted by Crippen LogP contribution is -2.19. The molecule has 0 saturated heterocycles. The van der Waals surface area contributed by atoms with Gasteiger partial charge in [-0.2, -0.15) is 0 Å². The number of nitrogens with zero attached hydrogens (tertiary/aromatic N) is 1. The first-order valence-electron chi connectivity index (χ1n) is 5.53. The van der Waals surface area contributed by atoms with Crippen LogP contribution >= 0.6 is 0 Å². The highest BCUT2D eigenvalue weighted by atomic mass is 19.1. The molecule has 2 rings (SSSR count). The van der Waals surface area contributed by atoms with Gasteiger partial charge in [0, 0.05) is 6.07 Å². The molecule has 0 bridgehead atoms. The van der Waals surface area contributed by atoms with Gasteiger partial charge < -0.3 is 0 Å². The van der Waals surface area contributed by atoms with E-state index in [4.69, 9.17) is 0 Å². The maximum Gasteiger partial charge on any atom is 0.341 e. The molecule has 5 nitrogen and oxygen atoms in total. The monoisotopic (exact) mass is 260 g/mol. The zero-order valence-corrected chi connectivity index (χ0v) is 10.1. The summed E-state index contributed by atoms with van der Waals surface area (Å²) in [6, 6.07) is 6.68. The maximum absolute atomic E-state index is 13.1. The third kappa shape index (κ3) is 2.98. The lowest BCUT2D eigenvalue weighted by Gasteiger charge is -2.01. The Hall–Kier alpha value is -2.63. The van der Waals surface area contributed by atoms with Crippen molar-refractivity contribution in [1.29, 1.82) is 0 Å². The third-order valence-corrected chi connectivity index (χ3v) is 2.52. The SMILES string of the molecule is Cc1ccc(NC(=O)c2cc(F)ccc2N=O)[nH+]c1. The Morgan fingerprint density at radius 3 is 2.74 bits per heavy atom. The van der Waals surface area contributed by atoms with Crippen molar-refractivity contribution in [1.82, 2.24) is 0 Å². The van der Waals surface area contributed by atoms with Crippen LogP contribution in [-0.4, -0.2) is 5.91 Å². The molecule has 0 aliphatic carbocycles. The maximum atomic E-state index is 13.1. The van der Waals surface area contributed by atoms with Gasteiger partial charge in [-0.3, -0.25) is 0 Å². The first-order valence-corrected chi connectivity index (χ1v) is 5.53. The van der Waals surface area contributed by atoms with Gasteiger partial charge >= 0.3 is 5.91 Å². The van der Waals surface area contributed by atoms with Gasteiger partial charge in [-0.05, 0) is 41.9 Å². The number of carbonyl (C=O) groups is 1. The smallest absolute Gasteiger partial charge is 0.247 e. The molecule has 1 aromatic carbocycles. The molecule has 2 N–H and O–H groups in total. The van der Waals surface area contributed by atoms with E-state index in [1.54, 1.807) is 18.3 Å². The molecule has 1 heterocycles.